The lowest BCUT2D eigenvalue weighted by molar-refractivity contribution is 0.0693. The van der Waals surface area contributed by atoms with Gasteiger partial charge in [-0.3, -0.25) is 9.67 Å². The highest BCUT2D eigenvalue weighted by molar-refractivity contribution is 5.94. The molecule has 1 N–H and O–H groups in total. The van der Waals surface area contributed by atoms with Gasteiger partial charge < -0.3 is 9.84 Å². The number of ether oxygens (including phenoxy) is 1. The van der Waals surface area contributed by atoms with Gasteiger partial charge in [-0.25, -0.2) is 9.78 Å². The van der Waals surface area contributed by atoms with Crippen molar-refractivity contribution in [2.45, 2.75) is 6.61 Å². The third kappa shape index (κ3) is 4.16. The van der Waals surface area contributed by atoms with Crippen molar-refractivity contribution in [3.05, 3.63) is 96.6 Å². The van der Waals surface area contributed by atoms with E-state index < -0.39 is 5.97 Å². The van der Waals surface area contributed by atoms with Crippen molar-refractivity contribution in [2.24, 2.45) is 7.05 Å². The zero-order chi connectivity index (χ0) is 22.8. The lowest BCUT2D eigenvalue weighted by atomic mass is 10.0. The first kappa shape index (κ1) is 20.4. The molecule has 33 heavy (non-hydrogen) atoms. The number of aromatic carboxylic acids is 1. The topological polar surface area (TPSA) is 90.1 Å². The van der Waals surface area contributed by atoms with Gasteiger partial charge in [0, 0.05) is 42.2 Å². The quantitative estimate of drug-likeness (QED) is 0.404. The summed E-state index contributed by atoms with van der Waals surface area (Å²) in [5.41, 5.74) is 5.12. The molecule has 0 aliphatic carbocycles. The standard InChI is InChI=1S/C26H20N4O3/c1-30-15-22(17-10-12-27-13-11-17)25(29-30)18-6-8-20(9-7-18)33-16-24-21(26(31)32)14-19-4-2-3-5-23(19)28-24/h2-15H,16H2,1H3,(H,31,32). The van der Waals surface area contributed by atoms with E-state index in [0.29, 0.717) is 11.4 Å². The zero-order valence-corrected chi connectivity index (χ0v) is 17.8. The lowest BCUT2D eigenvalue weighted by Crippen LogP contribution is -2.08. The van der Waals surface area contributed by atoms with Crippen molar-refractivity contribution in [3.8, 4) is 28.1 Å². The Morgan fingerprint density at radius 1 is 1.00 bits per heavy atom. The largest absolute Gasteiger partial charge is 0.487 e. The van der Waals surface area contributed by atoms with E-state index in [-0.39, 0.29) is 12.2 Å². The molecule has 5 rings (SSSR count). The fourth-order valence-electron chi connectivity index (χ4n) is 3.76. The van der Waals surface area contributed by atoms with Crippen LogP contribution in [0, 0.1) is 0 Å². The molecule has 0 bridgehead atoms. The molecule has 0 radical (unpaired) electrons. The molecule has 0 saturated carbocycles. The van der Waals surface area contributed by atoms with Gasteiger partial charge in [0.25, 0.3) is 0 Å². The van der Waals surface area contributed by atoms with Gasteiger partial charge >= 0.3 is 5.97 Å². The number of nitrogens with zero attached hydrogens (tertiary/aromatic N) is 4. The van der Waals surface area contributed by atoms with E-state index >= 15 is 0 Å². The summed E-state index contributed by atoms with van der Waals surface area (Å²) in [4.78, 5) is 20.3. The molecule has 3 aromatic heterocycles. The molecular weight excluding hydrogens is 416 g/mol. The number of fused-ring (bicyclic) bond motifs is 1. The van der Waals surface area contributed by atoms with Gasteiger partial charge in [0.1, 0.15) is 18.1 Å². The molecule has 0 spiro atoms. The molecule has 0 aliphatic rings. The van der Waals surface area contributed by atoms with Crippen LogP contribution < -0.4 is 4.74 Å². The van der Waals surface area contributed by atoms with Gasteiger partial charge in [-0.2, -0.15) is 5.10 Å². The summed E-state index contributed by atoms with van der Waals surface area (Å²) in [6, 6.07) is 20.5. The van der Waals surface area contributed by atoms with Crippen LogP contribution in [0.15, 0.2) is 85.3 Å². The molecule has 162 valence electrons. The molecular formula is C26H20N4O3. The Labute approximate surface area is 189 Å². The second kappa shape index (κ2) is 8.55. The first-order valence-electron chi connectivity index (χ1n) is 10.4. The minimum Gasteiger partial charge on any atom is -0.487 e. The van der Waals surface area contributed by atoms with Crippen molar-refractivity contribution in [3.63, 3.8) is 0 Å². The van der Waals surface area contributed by atoms with Gasteiger partial charge in [0.05, 0.1) is 16.8 Å². The average molecular weight is 436 g/mol. The lowest BCUT2D eigenvalue weighted by Gasteiger charge is -2.10. The minimum atomic E-state index is -1.03. The fourth-order valence-corrected chi connectivity index (χ4v) is 3.76. The number of aromatic nitrogens is 4. The van der Waals surface area contributed by atoms with Crippen molar-refractivity contribution in [1.82, 2.24) is 19.7 Å². The number of para-hydroxylation sites is 1. The maximum Gasteiger partial charge on any atom is 0.337 e. The highest BCUT2D eigenvalue weighted by atomic mass is 16.5. The van der Waals surface area contributed by atoms with Crippen molar-refractivity contribution < 1.29 is 14.6 Å². The molecule has 0 aliphatic heterocycles. The Hall–Kier alpha value is -4.52. The van der Waals surface area contributed by atoms with Crippen LogP contribution >= 0.6 is 0 Å². The number of aryl methyl sites for hydroxylation is 1. The first-order chi connectivity index (χ1) is 16.1. The summed E-state index contributed by atoms with van der Waals surface area (Å²) in [7, 11) is 1.89. The number of benzene rings is 2. The van der Waals surface area contributed by atoms with Gasteiger partial charge in [-0.1, -0.05) is 18.2 Å². The molecule has 5 aromatic rings. The molecule has 0 saturated heterocycles. The predicted molar refractivity (Wildman–Crippen MR) is 125 cm³/mol. The Bertz CT molecular complexity index is 1440. The second-order valence-electron chi connectivity index (χ2n) is 7.59. The van der Waals surface area contributed by atoms with Gasteiger partial charge in [0.15, 0.2) is 0 Å². The molecule has 3 heterocycles. The van der Waals surface area contributed by atoms with Crippen LogP contribution in [-0.2, 0) is 13.7 Å². The third-order valence-corrected chi connectivity index (χ3v) is 5.36. The number of pyridine rings is 2. The Morgan fingerprint density at radius 3 is 2.52 bits per heavy atom. The van der Waals surface area contributed by atoms with Crippen LogP contribution in [0.3, 0.4) is 0 Å². The smallest absolute Gasteiger partial charge is 0.337 e. The van der Waals surface area contributed by atoms with E-state index in [1.807, 2.05) is 73.9 Å². The highest BCUT2D eigenvalue weighted by Crippen LogP contribution is 2.31. The Morgan fingerprint density at radius 2 is 1.76 bits per heavy atom. The second-order valence-corrected chi connectivity index (χ2v) is 7.59. The molecule has 7 heteroatoms. The van der Waals surface area contributed by atoms with Crippen LogP contribution in [0.5, 0.6) is 5.75 Å². The van der Waals surface area contributed by atoms with Gasteiger partial charge in [-0.15, -0.1) is 0 Å². The monoisotopic (exact) mass is 436 g/mol. The van der Waals surface area contributed by atoms with Crippen LogP contribution in [0.4, 0.5) is 0 Å². The summed E-state index contributed by atoms with van der Waals surface area (Å²) < 4.78 is 7.67. The summed E-state index contributed by atoms with van der Waals surface area (Å²) in [6.07, 6.45) is 5.50. The summed E-state index contributed by atoms with van der Waals surface area (Å²) in [6.45, 7) is 0.0532. The molecule has 7 nitrogen and oxygen atoms in total. The van der Waals surface area contributed by atoms with Crippen molar-refractivity contribution in [2.75, 3.05) is 0 Å². The van der Waals surface area contributed by atoms with E-state index in [9.17, 15) is 9.90 Å². The number of hydrogen-bond donors (Lipinski definition) is 1. The van der Waals surface area contributed by atoms with E-state index in [4.69, 9.17) is 4.74 Å². The molecule has 0 atom stereocenters. The fraction of sp³-hybridized carbons (Fsp3) is 0.0769. The van der Waals surface area contributed by atoms with E-state index in [1.165, 1.54) is 0 Å². The Kier molecular flexibility index (Phi) is 5.28. The average Bonchev–Trinajstić information content (AvgIpc) is 3.24. The SMILES string of the molecule is Cn1cc(-c2ccncc2)c(-c2ccc(OCc3nc4ccccc4cc3C(=O)O)cc2)n1. The normalized spacial score (nSPS) is 10.9. The van der Waals surface area contributed by atoms with Gasteiger partial charge in [0.2, 0.25) is 0 Å². The van der Waals surface area contributed by atoms with Crippen LogP contribution in [0.1, 0.15) is 16.1 Å². The number of carboxylic acid groups (broad SMARTS) is 1. The number of hydrogen-bond acceptors (Lipinski definition) is 5. The molecule has 0 amide bonds. The number of rotatable bonds is 6. The summed E-state index contributed by atoms with van der Waals surface area (Å²) in [5, 5.41) is 15.0. The van der Waals surface area contributed by atoms with E-state index in [0.717, 1.165) is 33.3 Å². The minimum absolute atomic E-state index is 0.0532. The maximum absolute atomic E-state index is 11.7. The van der Waals surface area contributed by atoms with Crippen molar-refractivity contribution >= 4 is 16.9 Å². The van der Waals surface area contributed by atoms with Crippen molar-refractivity contribution in [1.29, 1.82) is 0 Å². The van der Waals surface area contributed by atoms with Gasteiger partial charge in [-0.05, 0) is 54.1 Å². The number of carbonyl (C=O) groups is 1. The van der Waals surface area contributed by atoms with Crippen LogP contribution in [0.2, 0.25) is 0 Å². The zero-order valence-electron chi connectivity index (χ0n) is 17.8. The Balaban J connectivity index is 1.39. The summed E-state index contributed by atoms with van der Waals surface area (Å²) >= 11 is 0. The maximum atomic E-state index is 11.7. The molecule has 0 unspecified atom stereocenters. The predicted octanol–water partition coefficient (Wildman–Crippen LogP) is 4.97. The third-order valence-electron chi connectivity index (χ3n) is 5.36. The summed E-state index contributed by atoms with van der Waals surface area (Å²) in [5.74, 6) is -0.410. The first-order valence-corrected chi connectivity index (χ1v) is 10.4. The van der Waals surface area contributed by atoms with Crippen LogP contribution in [-0.4, -0.2) is 30.8 Å². The molecule has 0 fully saturated rings. The van der Waals surface area contributed by atoms with E-state index in [2.05, 4.69) is 15.1 Å². The highest BCUT2D eigenvalue weighted by Gasteiger charge is 2.15. The molecule has 2 aromatic carbocycles. The van der Waals surface area contributed by atoms with Crippen LogP contribution in [0.25, 0.3) is 33.3 Å². The number of carboxylic acids is 1. The van der Waals surface area contributed by atoms with E-state index in [1.54, 1.807) is 23.1 Å².